The van der Waals surface area contributed by atoms with E-state index in [-0.39, 0.29) is 5.82 Å². The number of thioether (sulfide) groups is 1. The Balaban J connectivity index is 1.55. The first-order valence-electron chi connectivity index (χ1n) is 9.78. The quantitative estimate of drug-likeness (QED) is 0.574. The van der Waals surface area contributed by atoms with Gasteiger partial charge in [0.1, 0.15) is 5.82 Å². The molecule has 29 heavy (non-hydrogen) atoms. The number of aromatic nitrogens is 1. The van der Waals surface area contributed by atoms with Gasteiger partial charge >= 0.3 is 5.97 Å². The molecular weight excluding hydrogens is 387 g/mol. The van der Waals surface area contributed by atoms with Gasteiger partial charge in [-0.25, -0.2) is 9.18 Å². The summed E-state index contributed by atoms with van der Waals surface area (Å²) >= 11 is 1.60. The number of aliphatic carboxylic acids is 1. The van der Waals surface area contributed by atoms with Crippen molar-refractivity contribution in [2.75, 3.05) is 18.8 Å². The maximum Gasteiger partial charge on any atom is 0.338 e. The Labute approximate surface area is 175 Å². The number of carbonyl (C=O) groups is 1. The number of carboxylic acid groups (broad SMARTS) is 1. The molecule has 0 amide bonds. The Morgan fingerprint density at radius 3 is 2.66 bits per heavy atom. The van der Waals surface area contributed by atoms with Gasteiger partial charge in [-0.05, 0) is 66.8 Å². The number of rotatable bonds is 10. The molecule has 0 saturated heterocycles. The van der Waals surface area contributed by atoms with Crippen LogP contribution in [0.15, 0.2) is 71.5 Å². The number of pyridine rings is 1. The topological polar surface area (TPSA) is 53.4 Å². The molecule has 0 spiro atoms. The van der Waals surface area contributed by atoms with Gasteiger partial charge in [0.2, 0.25) is 0 Å². The Morgan fingerprint density at radius 1 is 1.14 bits per heavy atom. The van der Waals surface area contributed by atoms with E-state index in [2.05, 4.69) is 16.0 Å². The van der Waals surface area contributed by atoms with E-state index in [0.29, 0.717) is 5.57 Å². The standard InChI is InChI=1S/C23H25FN2O2S/c24-20-11-9-18(10-12-20)7-4-16-29-22-21(23(27)28)8-3-15-26(22)14-2-6-19-5-1-13-25-17-19/h1,3,5,8-13,17H,2,4,6-7,14-16H2,(H,27,28). The van der Waals surface area contributed by atoms with Crippen molar-refractivity contribution < 1.29 is 14.3 Å². The van der Waals surface area contributed by atoms with Crippen molar-refractivity contribution in [2.45, 2.75) is 25.7 Å². The van der Waals surface area contributed by atoms with Gasteiger partial charge < -0.3 is 10.0 Å². The number of hydrogen-bond donors (Lipinski definition) is 1. The van der Waals surface area contributed by atoms with Crippen molar-refractivity contribution in [1.82, 2.24) is 9.88 Å². The van der Waals surface area contributed by atoms with Crippen LogP contribution in [0.3, 0.4) is 0 Å². The zero-order valence-electron chi connectivity index (χ0n) is 16.3. The lowest BCUT2D eigenvalue weighted by Gasteiger charge is -2.29. The lowest BCUT2D eigenvalue weighted by Crippen LogP contribution is -2.28. The van der Waals surface area contributed by atoms with Crippen LogP contribution in [-0.4, -0.2) is 39.8 Å². The summed E-state index contributed by atoms with van der Waals surface area (Å²) in [5.74, 6) is -0.300. The summed E-state index contributed by atoms with van der Waals surface area (Å²) in [5, 5.41) is 10.4. The second-order valence-corrected chi connectivity index (χ2v) is 8.00. The van der Waals surface area contributed by atoms with Crippen LogP contribution in [0.1, 0.15) is 24.0 Å². The summed E-state index contributed by atoms with van der Waals surface area (Å²) in [7, 11) is 0. The summed E-state index contributed by atoms with van der Waals surface area (Å²) in [4.78, 5) is 18.0. The normalized spacial score (nSPS) is 13.8. The Bertz CT molecular complexity index is 866. The summed E-state index contributed by atoms with van der Waals surface area (Å²) in [6.07, 6.45) is 10.9. The van der Waals surface area contributed by atoms with Crippen molar-refractivity contribution in [2.24, 2.45) is 0 Å². The Morgan fingerprint density at radius 2 is 1.93 bits per heavy atom. The third-order valence-electron chi connectivity index (χ3n) is 4.74. The molecule has 0 aliphatic carbocycles. The van der Waals surface area contributed by atoms with Crippen LogP contribution in [0.25, 0.3) is 0 Å². The molecule has 2 aromatic rings. The summed E-state index contributed by atoms with van der Waals surface area (Å²) in [6, 6.07) is 10.6. The van der Waals surface area contributed by atoms with Crippen molar-refractivity contribution in [3.8, 4) is 0 Å². The molecule has 1 aromatic carbocycles. The molecule has 152 valence electrons. The van der Waals surface area contributed by atoms with Crippen molar-refractivity contribution in [1.29, 1.82) is 0 Å². The molecule has 4 nitrogen and oxygen atoms in total. The molecule has 2 heterocycles. The first kappa shape index (κ1) is 21.1. The van der Waals surface area contributed by atoms with E-state index in [1.807, 2.05) is 18.3 Å². The predicted molar refractivity (Wildman–Crippen MR) is 115 cm³/mol. The average molecular weight is 413 g/mol. The minimum atomic E-state index is -0.890. The fourth-order valence-corrected chi connectivity index (χ4v) is 4.40. The van der Waals surface area contributed by atoms with Gasteiger partial charge in [-0.2, -0.15) is 0 Å². The van der Waals surface area contributed by atoms with E-state index in [9.17, 15) is 14.3 Å². The second kappa shape index (κ2) is 10.8. The highest BCUT2D eigenvalue weighted by atomic mass is 32.2. The molecule has 1 aromatic heterocycles. The third-order valence-corrected chi connectivity index (χ3v) is 5.98. The van der Waals surface area contributed by atoms with E-state index < -0.39 is 5.97 Å². The maximum absolute atomic E-state index is 13.0. The van der Waals surface area contributed by atoms with Crippen molar-refractivity contribution >= 4 is 17.7 Å². The maximum atomic E-state index is 13.0. The fraction of sp³-hybridized carbons (Fsp3) is 0.304. The fourth-order valence-electron chi connectivity index (χ4n) is 3.26. The van der Waals surface area contributed by atoms with Crippen LogP contribution in [0.4, 0.5) is 4.39 Å². The first-order chi connectivity index (χ1) is 14.1. The average Bonchev–Trinajstić information content (AvgIpc) is 2.73. The number of nitrogens with zero attached hydrogens (tertiary/aromatic N) is 2. The number of hydrogen-bond acceptors (Lipinski definition) is 4. The van der Waals surface area contributed by atoms with Crippen LogP contribution in [0.2, 0.25) is 0 Å². The van der Waals surface area contributed by atoms with Crippen LogP contribution in [-0.2, 0) is 17.6 Å². The molecule has 3 rings (SSSR count). The molecular formula is C23H25FN2O2S. The van der Waals surface area contributed by atoms with Gasteiger partial charge in [-0.1, -0.05) is 24.3 Å². The van der Waals surface area contributed by atoms with E-state index in [4.69, 9.17) is 0 Å². The van der Waals surface area contributed by atoms with E-state index in [1.54, 1.807) is 36.2 Å². The minimum Gasteiger partial charge on any atom is -0.478 e. The van der Waals surface area contributed by atoms with Crippen LogP contribution >= 0.6 is 11.8 Å². The van der Waals surface area contributed by atoms with Gasteiger partial charge in [0.05, 0.1) is 10.6 Å². The molecule has 0 radical (unpaired) electrons. The molecule has 0 unspecified atom stereocenters. The first-order valence-corrected chi connectivity index (χ1v) is 10.8. The number of benzene rings is 1. The number of halogens is 1. The second-order valence-electron chi connectivity index (χ2n) is 6.92. The molecule has 1 aliphatic heterocycles. The highest BCUT2D eigenvalue weighted by Gasteiger charge is 2.21. The van der Waals surface area contributed by atoms with E-state index in [0.717, 1.165) is 55.1 Å². The SMILES string of the molecule is O=C(O)C1=C(SCCCc2ccc(F)cc2)N(CCCc2cccnc2)CC=C1. The van der Waals surface area contributed by atoms with Gasteiger partial charge in [-0.3, -0.25) is 4.98 Å². The number of aryl methyl sites for hydroxylation is 2. The highest BCUT2D eigenvalue weighted by Crippen LogP contribution is 2.29. The molecule has 0 atom stereocenters. The van der Waals surface area contributed by atoms with Gasteiger partial charge in [0.25, 0.3) is 0 Å². The van der Waals surface area contributed by atoms with Crippen molar-refractivity contribution in [3.05, 3.63) is 88.5 Å². The highest BCUT2D eigenvalue weighted by molar-refractivity contribution is 8.03. The van der Waals surface area contributed by atoms with Gasteiger partial charge in [0, 0.05) is 25.5 Å². The predicted octanol–water partition coefficient (Wildman–Crippen LogP) is 4.69. The molecule has 0 bridgehead atoms. The summed E-state index contributed by atoms with van der Waals surface area (Å²) < 4.78 is 13.0. The molecule has 1 N–H and O–H groups in total. The molecule has 0 fully saturated rings. The zero-order valence-corrected chi connectivity index (χ0v) is 17.1. The smallest absolute Gasteiger partial charge is 0.338 e. The van der Waals surface area contributed by atoms with Crippen LogP contribution < -0.4 is 0 Å². The van der Waals surface area contributed by atoms with Crippen LogP contribution in [0, 0.1) is 5.82 Å². The van der Waals surface area contributed by atoms with Crippen molar-refractivity contribution in [3.63, 3.8) is 0 Å². The Hall–Kier alpha value is -2.60. The molecule has 1 aliphatic rings. The third kappa shape index (κ3) is 6.46. The lowest BCUT2D eigenvalue weighted by molar-refractivity contribution is -0.132. The summed E-state index contributed by atoms with van der Waals surface area (Å²) in [6.45, 7) is 1.53. The lowest BCUT2D eigenvalue weighted by atomic mass is 10.1. The van der Waals surface area contributed by atoms with E-state index in [1.165, 1.54) is 17.7 Å². The Kier molecular flexibility index (Phi) is 7.87. The van der Waals surface area contributed by atoms with Crippen LogP contribution in [0.5, 0.6) is 0 Å². The van der Waals surface area contributed by atoms with Gasteiger partial charge in [-0.15, -0.1) is 11.8 Å². The van der Waals surface area contributed by atoms with Gasteiger partial charge in [0.15, 0.2) is 0 Å². The number of carboxylic acids is 1. The minimum absolute atomic E-state index is 0.227. The van der Waals surface area contributed by atoms with E-state index >= 15 is 0 Å². The largest absolute Gasteiger partial charge is 0.478 e. The summed E-state index contributed by atoms with van der Waals surface area (Å²) in [5.41, 5.74) is 2.65. The monoisotopic (exact) mass is 412 g/mol. The zero-order chi connectivity index (χ0) is 20.5. The molecule has 0 saturated carbocycles. The molecule has 6 heteroatoms.